The molecule has 2 nitrogen and oxygen atoms in total. The summed E-state index contributed by atoms with van der Waals surface area (Å²) in [5.41, 5.74) is 1.43. The van der Waals surface area contributed by atoms with E-state index in [1.54, 1.807) is 0 Å². The summed E-state index contributed by atoms with van der Waals surface area (Å²) in [6, 6.07) is 4.95. The lowest BCUT2D eigenvalue weighted by atomic mass is 10.1. The van der Waals surface area contributed by atoms with Gasteiger partial charge < -0.3 is 0 Å². The summed E-state index contributed by atoms with van der Waals surface area (Å²) in [6.07, 6.45) is 6.44. The van der Waals surface area contributed by atoms with Crippen molar-refractivity contribution < 1.29 is 0 Å². The Morgan fingerprint density at radius 2 is 2.13 bits per heavy atom. The van der Waals surface area contributed by atoms with Crippen LogP contribution in [-0.4, -0.2) is 23.0 Å². The number of aromatic nitrogens is 1. The van der Waals surface area contributed by atoms with Crippen molar-refractivity contribution in [2.45, 2.75) is 32.7 Å². The zero-order valence-corrected chi connectivity index (χ0v) is 9.69. The molecule has 0 N–H and O–H groups in total. The van der Waals surface area contributed by atoms with Gasteiger partial charge in [-0.15, -0.1) is 0 Å². The molecule has 1 aromatic rings. The summed E-state index contributed by atoms with van der Waals surface area (Å²) in [6.45, 7) is 7.06. The van der Waals surface area contributed by atoms with E-state index < -0.39 is 0 Å². The Morgan fingerprint density at radius 3 is 2.80 bits per heavy atom. The van der Waals surface area contributed by atoms with E-state index in [2.05, 4.69) is 35.9 Å². The van der Waals surface area contributed by atoms with Crippen LogP contribution < -0.4 is 0 Å². The van der Waals surface area contributed by atoms with E-state index in [0.29, 0.717) is 6.04 Å². The summed E-state index contributed by atoms with van der Waals surface area (Å²) in [5.74, 6) is 0.757. The van der Waals surface area contributed by atoms with E-state index in [1.807, 2.05) is 12.4 Å². The van der Waals surface area contributed by atoms with Gasteiger partial charge in [-0.3, -0.25) is 9.88 Å². The fourth-order valence-corrected chi connectivity index (χ4v) is 2.48. The minimum Gasteiger partial charge on any atom is -0.296 e. The Bertz CT molecular complexity index is 295. The lowest BCUT2D eigenvalue weighted by Crippen LogP contribution is -2.27. The predicted octanol–water partition coefficient (Wildman–Crippen LogP) is 2.87. The molecule has 82 valence electrons. The second-order valence-electron chi connectivity index (χ2n) is 4.83. The van der Waals surface area contributed by atoms with Gasteiger partial charge in [0.1, 0.15) is 0 Å². The number of hydrogen-bond acceptors (Lipinski definition) is 2. The summed E-state index contributed by atoms with van der Waals surface area (Å²) in [7, 11) is 0. The van der Waals surface area contributed by atoms with E-state index in [4.69, 9.17) is 0 Å². The Balaban J connectivity index is 2.08. The highest BCUT2D eigenvalue weighted by Gasteiger charge is 2.25. The van der Waals surface area contributed by atoms with Crippen LogP contribution in [-0.2, 0) is 0 Å². The number of hydrogen-bond donors (Lipinski definition) is 0. The maximum atomic E-state index is 4.08. The van der Waals surface area contributed by atoms with E-state index in [-0.39, 0.29) is 0 Å². The first-order chi connectivity index (χ1) is 7.27. The molecule has 0 spiro atoms. The van der Waals surface area contributed by atoms with Crippen molar-refractivity contribution in [3.8, 4) is 0 Å². The van der Waals surface area contributed by atoms with Crippen LogP contribution in [0, 0.1) is 5.92 Å². The SMILES string of the molecule is CC(C)CN1CCC[C@H]1c1ccncc1. The third-order valence-corrected chi connectivity index (χ3v) is 3.05. The van der Waals surface area contributed by atoms with E-state index >= 15 is 0 Å². The predicted molar refractivity (Wildman–Crippen MR) is 62.6 cm³/mol. The highest BCUT2D eigenvalue weighted by Crippen LogP contribution is 2.31. The quantitative estimate of drug-likeness (QED) is 0.752. The first kappa shape index (κ1) is 10.6. The molecular weight excluding hydrogens is 184 g/mol. The van der Waals surface area contributed by atoms with E-state index in [0.717, 1.165) is 5.92 Å². The minimum atomic E-state index is 0.635. The Kier molecular flexibility index (Phi) is 3.37. The fraction of sp³-hybridized carbons (Fsp3) is 0.615. The Labute approximate surface area is 92.3 Å². The van der Waals surface area contributed by atoms with Crippen LogP contribution in [0.3, 0.4) is 0 Å². The van der Waals surface area contributed by atoms with Gasteiger partial charge in [0.25, 0.3) is 0 Å². The second kappa shape index (κ2) is 4.75. The third kappa shape index (κ3) is 2.57. The zero-order valence-electron chi connectivity index (χ0n) is 9.69. The topological polar surface area (TPSA) is 16.1 Å². The zero-order chi connectivity index (χ0) is 10.7. The van der Waals surface area contributed by atoms with E-state index in [1.165, 1.54) is 31.5 Å². The van der Waals surface area contributed by atoms with Crippen LogP contribution in [0.4, 0.5) is 0 Å². The van der Waals surface area contributed by atoms with Gasteiger partial charge in [0.15, 0.2) is 0 Å². The number of likely N-dealkylation sites (tertiary alicyclic amines) is 1. The summed E-state index contributed by atoms with van der Waals surface area (Å²) < 4.78 is 0. The average molecular weight is 204 g/mol. The van der Waals surface area contributed by atoms with Gasteiger partial charge in [-0.25, -0.2) is 0 Å². The minimum absolute atomic E-state index is 0.635. The first-order valence-electron chi connectivity index (χ1n) is 5.91. The van der Waals surface area contributed by atoms with Crippen LogP contribution in [0.25, 0.3) is 0 Å². The first-order valence-corrected chi connectivity index (χ1v) is 5.91. The molecule has 1 aromatic heterocycles. The molecule has 0 aliphatic carbocycles. The molecule has 0 bridgehead atoms. The molecule has 0 saturated carbocycles. The maximum Gasteiger partial charge on any atom is 0.0349 e. The van der Waals surface area contributed by atoms with Gasteiger partial charge in [-0.05, 0) is 43.0 Å². The third-order valence-electron chi connectivity index (χ3n) is 3.05. The normalized spacial score (nSPS) is 22.5. The van der Waals surface area contributed by atoms with Crippen LogP contribution in [0.15, 0.2) is 24.5 Å². The molecule has 1 aliphatic rings. The molecule has 2 rings (SSSR count). The van der Waals surface area contributed by atoms with Gasteiger partial charge in [0.05, 0.1) is 0 Å². The van der Waals surface area contributed by atoms with Crippen molar-refractivity contribution in [1.29, 1.82) is 0 Å². The van der Waals surface area contributed by atoms with Crippen LogP contribution >= 0.6 is 0 Å². The monoisotopic (exact) mass is 204 g/mol. The molecule has 2 heteroatoms. The smallest absolute Gasteiger partial charge is 0.0349 e. The van der Waals surface area contributed by atoms with Crippen LogP contribution in [0.1, 0.15) is 38.3 Å². The van der Waals surface area contributed by atoms with Crippen molar-refractivity contribution in [3.05, 3.63) is 30.1 Å². The number of pyridine rings is 1. The van der Waals surface area contributed by atoms with Crippen molar-refractivity contribution in [1.82, 2.24) is 9.88 Å². The largest absolute Gasteiger partial charge is 0.296 e. The van der Waals surface area contributed by atoms with Crippen molar-refractivity contribution >= 4 is 0 Å². The molecule has 0 aromatic carbocycles. The highest BCUT2D eigenvalue weighted by molar-refractivity contribution is 5.16. The standard InChI is InChI=1S/C13H20N2/c1-11(2)10-15-9-3-4-13(15)12-5-7-14-8-6-12/h5-8,11,13H,3-4,9-10H2,1-2H3/t13-/m0/s1. The maximum absolute atomic E-state index is 4.08. The highest BCUT2D eigenvalue weighted by atomic mass is 15.2. The van der Waals surface area contributed by atoms with E-state index in [9.17, 15) is 0 Å². The summed E-state index contributed by atoms with van der Waals surface area (Å²) in [5, 5.41) is 0. The van der Waals surface area contributed by atoms with Gasteiger partial charge in [-0.1, -0.05) is 13.8 Å². The molecule has 2 heterocycles. The molecular formula is C13H20N2. The molecule has 1 aliphatic heterocycles. The number of nitrogens with zero attached hydrogens (tertiary/aromatic N) is 2. The van der Waals surface area contributed by atoms with Gasteiger partial charge in [0.2, 0.25) is 0 Å². The Morgan fingerprint density at radius 1 is 1.40 bits per heavy atom. The molecule has 0 unspecified atom stereocenters. The van der Waals surface area contributed by atoms with Gasteiger partial charge in [-0.2, -0.15) is 0 Å². The molecule has 1 saturated heterocycles. The van der Waals surface area contributed by atoms with Crippen LogP contribution in [0.5, 0.6) is 0 Å². The van der Waals surface area contributed by atoms with Gasteiger partial charge >= 0.3 is 0 Å². The van der Waals surface area contributed by atoms with Crippen LogP contribution in [0.2, 0.25) is 0 Å². The lowest BCUT2D eigenvalue weighted by molar-refractivity contribution is 0.229. The second-order valence-corrected chi connectivity index (χ2v) is 4.83. The van der Waals surface area contributed by atoms with Crippen molar-refractivity contribution in [2.75, 3.05) is 13.1 Å². The molecule has 1 fully saturated rings. The molecule has 1 atom stereocenters. The molecule has 0 radical (unpaired) electrons. The molecule has 15 heavy (non-hydrogen) atoms. The average Bonchev–Trinajstić information content (AvgIpc) is 2.66. The summed E-state index contributed by atoms with van der Waals surface area (Å²) >= 11 is 0. The van der Waals surface area contributed by atoms with Crippen molar-refractivity contribution in [2.24, 2.45) is 5.92 Å². The Hall–Kier alpha value is -0.890. The van der Waals surface area contributed by atoms with Crippen molar-refractivity contribution in [3.63, 3.8) is 0 Å². The lowest BCUT2D eigenvalue weighted by Gasteiger charge is -2.26. The number of rotatable bonds is 3. The molecule has 0 amide bonds. The summed E-state index contributed by atoms with van der Waals surface area (Å²) in [4.78, 5) is 6.70. The fourth-order valence-electron chi connectivity index (χ4n) is 2.48. The van der Waals surface area contributed by atoms with Gasteiger partial charge in [0, 0.05) is 25.0 Å².